The number of hydrogen-bond acceptors (Lipinski definition) is 1. The molecule has 1 unspecified atom stereocenters. The molecule has 2 nitrogen and oxygen atoms in total. The van der Waals surface area contributed by atoms with Gasteiger partial charge in [-0.2, -0.15) is 0 Å². The van der Waals surface area contributed by atoms with E-state index in [1.165, 1.54) is 0 Å². The second kappa shape index (κ2) is 7.26. The van der Waals surface area contributed by atoms with Gasteiger partial charge in [-0.3, -0.25) is 4.79 Å². The number of hydrogen-bond donors (Lipinski definition) is 0. The summed E-state index contributed by atoms with van der Waals surface area (Å²) in [4.78, 5) is 14.0. The highest BCUT2D eigenvalue weighted by atomic mass is 79.9. The molecular weight excluding hydrogens is 254 g/mol. The van der Waals surface area contributed by atoms with Crippen LogP contribution in [0, 0.1) is 5.92 Å². The second-order valence-electron chi connectivity index (χ2n) is 4.47. The lowest BCUT2D eigenvalue weighted by Gasteiger charge is -2.33. The minimum atomic E-state index is -0.0724. The molecule has 0 saturated carbocycles. The predicted octanol–water partition coefficient (Wildman–Crippen LogP) is 3.44. The van der Waals surface area contributed by atoms with Gasteiger partial charge in [-0.15, -0.1) is 0 Å². The van der Waals surface area contributed by atoms with Crippen molar-refractivity contribution in [3.63, 3.8) is 0 Å². The molecular formula is C12H24BrNO. The van der Waals surface area contributed by atoms with Crippen LogP contribution in [0.3, 0.4) is 0 Å². The molecule has 0 rings (SSSR count). The first kappa shape index (κ1) is 14.9. The summed E-state index contributed by atoms with van der Waals surface area (Å²) in [6.07, 6.45) is 2.07. The first-order valence-corrected chi connectivity index (χ1v) is 6.80. The Balaban J connectivity index is 4.62. The molecule has 0 aliphatic carbocycles. The smallest absolute Gasteiger partial charge is 0.236 e. The number of amides is 1. The molecule has 0 heterocycles. The number of nitrogens with zero attached hydrogens (tertiary/aromatic N) is 1. The fraction of sp³-hybridized carbons (Fsp3) is 0.917. The minimum absolute atomic E-state index is 0.0724. The van der Waals surface area contributed by atoms with E-state index in [4.69, 9.17) is 0 Å². The van der Waals surface area contributed by atoms with Gasteiger partial charge in [-0.1, -0.05) is 43.6 Å². The molecule has 1 amide bonds. The van der Waals surface area contributed by atoms with E-state index in [0.29, 0.717) is 12.0 Å². The summed E-state index contributed by atoms with van der Waals surface area (Å²) in [7, 11) is 0. The van der Waals surface area contributed by atoms with Crippen molar-refractivity contribution >= 4 is 21.8 Å². The van der Waals surface area contributed by atoms with Gasteiger partial charge in [0.1, 0.15) is 0 Å². The highest BCUT2D eigenvalue weighted by molar-refractivity contribution is 9.10. The van der Waals surface area contributed by atoms with Gasteiger partial charge in [0.25, 0.3) is 0 Å². The Kier molecular flexibility index (Phi) is 7.24. The van der Waals surface area contributed by atoms with E-state index < -0.39 is 0 Å². The maximum absolute atomic E-state index is 12.0. The molecule has 15 heavy (non-hydrogen) atoms. The van der Waals surface area contributed by atoms with Crippen LogP contribution in [0.5, 0.6) is 0 Å². The highest BCUT2D eigenvalue weighted by Crippen LogP contribution is 2.15. The van der Waals surface area contributed by atoms with Gasteiger partial charge in [0, 0.05) is 12.6 Å². The Morgan fingerprint density at radius 3 is 1.93 bits per heavy atom. The third-order valence-corrected chi connectivity index (χ3v) is 2.96. The summed E-state index contributed by atoms with van der Waals surface area (Å²) in [5.41, 5.74) is 0. The van der Waals surface area contributed by atoms with Crippen LogP contribution < -0.4 is 0 Å². The molecule has 0 bridgehead atoms. The van der Waals surface area contributed by atoms with E-state index >= 15 is 0 Å². The summed E-state index contributed by atoms with van der Waals surface area (Å²) in [6.45, 7) is 11.4. The zero-order valence-electron chi connectivity index (χ0n) is 10.6. The van der Waals surface area contributed by atoms with Gasteiger partial charge in [0.15, 0.2) is 0 Å². The van der Waals surface area contributed by atoms with Crippen molar-refractivity contribution in [2.75, 3.05) is 6.54 Å². The van der Waals surface area contributed by atoms with Crippen LogP contribution in [0.25, 0.3) is 0 Å². The quantitative estimate of drug-likeness (QED) is 0.681. The van der Waals surface area contributed by atoms with E-state index in [9.17, 15) is 4.79 Å². The predicted molar refractivity (Wildman–Crippen MR) is 69.3 cm³/mol. The Labute approximate surface area is 103 Å². The van der Waals surface area contributed by atoms with Gasteiger partial charge in [-0.25, -0.2) is 0 Å². The standard InChI is InChI=1S/C12H24BrNO/c1-6-11(7-2)14(8-9(3)4)12(15)10(5)13/h9-11H,6-8H2,1-5H3. The molecule has 0 saturated heterocycles. The summed E-state index contributed by atoms with van der Waals surface area (Å²) < 4.78 is 0. The molecule has 0 aromatic carbocycles. The van der Waals surface area contributed by atoms with Gasteiger partial charge in [0.05, 0.1) is 4.83 Å². The van der Waals surface area contributed by atoms with Gasteiger partial charge >= 0.3 is 0 Å². The zero-order chi connectivity index (χ0) is 12.0. The molecule has 0 N–H and O–H groups in total. The van der Waals surface area contributed by atoms with Gasteiger partial charge in [-0.05, 0) is 25.7 Å². The van der Waals surface area contributed by atoms with Crippen molar-refractivity contribution in [3.05, 3.63) is 0 Å². The van der Waals surface area contributed by atoms with Crippen molar-refractivity contribution < 1.29 is 4.79 Å². The lowest BCUT2D eigenvalue weighted by Crippen LogP contribution is -2.44. The first-order valence-electron chi connectivity index (χ1n) is 5.88. The molecule has 90 valence electrons. The number of alkyl halides is 1. The normalized spacial score (nSPS) is 13.3. The van der Waals surface area contributed by atoms with Gasteiger partial charge < -0.3 is 4.90 Å². The molecule has 0 aliphatic rings. The number of carbonyl (C=O) groups is 1. The van der Waals surface area contributed by atoms with Crippen molar-refractivity contribution in [1.29, 1.82) is 0 Å². The third-order valence-electron chi connectivity index (χ3n) is 2.57. The molecule has 0 spiro atoms. The molecule has 3 heteroatoms. The van der Waals surface area contributed by atoms with Crippen LogP contribution in [0.2, 0.25) is 0 Å². The fourth-order valence-electron chi connectivity index (χ4n) is 1.77. The lowest BCUT2D eigenvalue weighted by atomic mass is 10.1. The zero-order valence-corrected chi connectivity index (χ0v) is 12.2. The summed E-state index contributed by atoms with van der Waals surface area (Å²) in [5.74, 6) is 0.748. The van der Waals surface area contributed by atoms with Crippen LogP contribution in [-0.4, -0.2) is 28.2 Å². The highest BCUT2D eigenvalue weighted by Gasteiger charge is 2.24. The van der Waals surface area contributed by atoms with Crippen molar-refractivity contribution in [3.8, 4) is 0 Å². The number of carbonyl (C=O) groups excluding carboxylic acids is 1. The third kappa shape index (κ3) is 5.01. The first-order chi connectivity index (χ1) is 6.93. The van der Waals surface area contributed by atoms with Crippen LogP contribution in [-0.2, 0) is 4.79 Å². The van der Waals surface area contributed by atoms with E-state index in [0.717, 1.165) is 19.4 Å². The second-order valence-corrected chi connectivity index (χ2v) is 5.84. The Bertz CT molecular complexity index is 188. The SMILES string of the molecule is CCC(CC)N(CC(C)C)C(=O)C(C)Br. The molecule has 0 aromatic rings. The minimum Gasteiger partial charge on any atom is -0.339 e. The largest absolute Gasteiger partial charge is 0.339 e. The number of rotatable bonds is 6. The molecule has 0 radical (unpaired) electrons. The Morgan fingerprint density at radius 2 is 1.67 bits per heavy atom. The maximum Gasteiger partial charge on any atom is 0.236 e. The van der Waals surface area contributed by atoms with Crippen LogP contribution in [0.15, 0.2) is 0 Å². The molecule has 1 atom stereocenters. The monoisotopic (exact) mass is 277 g/mol. The van der Waals surface area contributed by atoms with Crippen LogP contribution in [0.4, 0.5) is 0 Å². The van der Waals surface area contributed by atoms with E-state index in [2.05, 4.69) is 43.6 Å². The number of halogens is 1. The van der Waals surface area contributed by atoms with Crippen LogP contribution >= 0.6 is 15.9 Å². The summed E-state index contributed by atoms with van der Waals surface area (Å²) in [6, 6.07) is 0.389. The Hall–Kier alpha value is -0.0500. The molecule has 0 aromatic heterocycles. The van der Waals surface area contributed by atoms with E-state index in [1.807, 2.05) is 11.8 Å². The Morgan fingerprint density at radius 1 is 1.20 bits per heavy atom. The van der Waals surface area contributed by atoms with Crippen molar-refractivity contribution in [1.82, 2.24) is 4.90 Å². The molecule has 0 aliphatic heterocycles. The van der Waals surface area contributed by atoms with E-state index in [-0.39, 0.29) is 10.7 Å². The van der Waals surface area contributed by atoms with Crippen molar-refractivity contribution in [2.24, 2.45) is 5.92 Å². The van der Waals surface area contributed by atoms with Crippen LogP contribution in [0.1, 0.15) is 47.5 Å². The summed E-state index contributed by atoms with van der Waals surface area (Å²) in [5, 5.41) is 0. The average Bonchev–Trinajstić information content (AvgIpc) is 2.16. The maximum atomic E-state index is 12.0. The molecule has 0 fully saturated rings. The van der Waals surface area contributed by atoms with Gasteiger partial charge in [0.2, 0.25) is 5.91 Å². The topological polar surface area (TPSA) is 20.3 Å². The fourth-order valence-corrected chi connectivity index (χ4v) is 2.03. The average molecular weight is 278 g/mol. The lowest BCUT2D eigenvalue weighted by molar-refractivity contribution is -0.133. The van der Waals surface area contributed by atoms with Crippen molar-refractivity contribution in [2.45, 2.75) is 58.3 Å². The van der Waals surface area contributed by atoms with E-state index in [1.54, 1.807) is 0 Å². The summed E-state index contributed by atoms with van der Waals surface area (Å²) >= 11 is 3.37.